The highest BCUT2D eigenvalue weighted by molar-refractivity contribution is 7.79. The molecular formula is C4H4ClNS2. The Balaban J connectivity index is 2.84. The summed E-state index contributed by atoms with van der Waals surface area (Å²) in [6.45, 7) is 0. The van der Waals surface area contributed by atoms with Crippen LogP contribution in [0.3, 0.4) is 0 Å². The van der Waals surface area contributed by atoms with E-state index in [2.05, 4.69) is 17.6 Å². The summed E-state index contributed by atoms with van der Waals surface area (Å²) in [4.78, 5) is 3.94. The number of halogens is 1. The third-order valence-electron chi connectivity index (χ3n) is 0.686. The number of hydrogen-bond donors (Lipinski definition) is 1. The average molecular weight is 166 g/mol. The van der Waals surface area contributed by atoms with Crippen LogP contribution in [0.4, 0.5) is 0 Å². The summed E-state index contributed by atoms with van der Waals surface area (Å²) < 4.78 is 0.592. The zero-order valence-corrected chi connectivity index (χ0v) is 6.43. The van der Waals surface area contributed by atoms with Crippen molar-refractivity contribution in [3.63, 3.8) is 0 Å². The fourth-order valence-corrected chi connectivity index (χ4v) is 1.42. The van der Waals surface area contributed by atoms with Crippen LogP contribution in [0.2, 0.25) is 4.47 Å². The Morgan fingerprint density at radius 1 is 1.88 bits per heavy atom. The SMILES string of the molecule is SCc1csc(Cl)n1. The molecule has 1 heterocycles. The summed E-state index contributed by atoms with van der Waals surface area (Å²) in [6.07, 6.45) is 0. The van der Waals surface area contributed by atoms with Crippen molar-refractivity contribution in [2.45, 2.75) is 5.75 Å². The van der Waals surface area contributed by atoms with E-state index in [1.54, 1.807) is 0 Å². The third-order valence-corrected chi connectivity index (χ3v) is 2.04. The van der Waals surface area contributed by atoms with Crippen LogP contribution >= 0.6 is 35.6 Å². The van der Waals surface area contributed by atoms with Crippen LogP contribution in [-0.2, 0) is 5.75 Å². The molecule has 1 rings (SSSR count). The topological polar surface area (TPSA) is 12.9 Å². The quantitative estimate of drug-likeness (QED) is 0.630. The van der Waals surface area contributed by atoms with Gasteiger partial charge in [-0.05, 0) is 0 Å². The molecule has 44 valence electrons. The second kappa shape index (κ2) is 2.71. The maximum Gasteiger partial charge on any atom is 0.183 e. The first-order valence-electron chi connectivity index (χ1n) is 2.03. The van der Waals surface area contributed by atoms with Gasteiger partial charge in [-0.2, -0.15) is 12.6 Å². The van der Waals surface area contributed by atoms with Crippen molar-refractivity contribution in [2.75, 3.05) is 0 Å². The molecule has 8 heavy (non-hydrogen) atoms. The molecule has 0 fully saturated rings. The van der Waals surface area contributed by atoms with E-state index < -0.39 is 0 Å². The smallest absolute Gasteiger partial charge is 0.183 e. The van der Waals surface area contributed by atoms with Crippen LogP contribution in [0.25, 0.3) is 0 Å². The van der Waals surface area contributed by atoms with Crippen molar-refractivity contribution in [3.05, 3.63) is 15.5 Å². The second-order valence-electron chi connectivity index (χ2n) is 1.25. The van der Waals surface area contributed by atoms with E-state index >= 15 is 0 Å². The standard InChI is InChI=1S/C4H4ClNS2/c5-4-6-3(1-7)2-8-4/h2,7H,1H2. The maximum atomic E-state index is 5.51. The molecule has 0 radical (unpaired) electrons. The van der Waals surface area contributed by atoms with Gasteiger partial charge >= 0.3 is 0 Å². The van der Waals surface area contributed by atoms with E-state index in [1.807, 2.05) is 5.38 Å². The Labute approximate surface area is 62.1 Å². The molecule has 0 amide bonds. The van der Waals surface area contributed by atoms with E-state index in [0.717, 1.165) is 5.69 Å². The van der Waals surface area contributed by atoms with E-state index in [9.17, 15) is 0 Å². The van der Waals surface area contributed by atoms with Gasteiger partial charge in [-0.3, -0.25) is 0 Å². The highest BCUT2D eigenvalue weighted by Gasteiger charge is 1.93. The first kappa shape index (κ1) is 6.39. The van der Waals surface area contributed by atoms with Crippen LogP contribution in [0.1, 0.15) is 5.69 Å². The van der Waals surface area contributed by atoms with Gasteiger partial charge < -0.3 is 0 Å². The Morgan fingerprint density at radius 2 is 2.62 bits per heavy atom. The van der Waals surface area contributed by atoms with Crippen molar-refractivity contribution in [1.82, 2.24) is 4.98 Å². The van der Waals surface area contributed by atoms with Crippen LogP contribution in [-0.4, -0.2) is 4.98 Å². The lowest BCUT2D eigenvalue weighted by atomic mass is 10.6. The fourth-order valence-electron chi connectivity index (χ4n) is 0.355. The van der Waals surface area contributed by atoms with Gasteiger partial charge in [-0.1, -0.05) is 11.6 Å². The summed E-state index contributed by atoms with van der Waals surface area (Å²) in [5, 5.41) is 1.90. The lowest BCUT2D eigenvalue weighted by Crippen LogP contribution is -1.72. The minimum Gasteiger partial charge on any atom is -0.229 e. The largest absolute Gasteiger partial charge is 0.229 e. The van der Waals surface area contributed by atoms with Gasteiger partial charge in [0.25, 0.3) is 0 Å². The summed E-state index contributed by atoms with van der Waals surface area (Å²) >= 11 is 11.0. The van der Waals surface area contributed by atoms with Crippen LogP contribution in [0.5, 0.6) is 0 Å². The molecule has 0 aromatic carbocycles. The molecule has 1 aromatic heterocycles. The first-order valence-corrected chi connectivity index (χ1v) is 3.92. The molecule has 0 bridgehead atoms. The Hall–Kier alpha value is 0.270. The molecule has 0 unspecified atom stereocenters. The molecule has 0 saturated carbocycles. The van der Waals surface area contributed by atoms with Gasteiger partial charge in [0.1, 0.15) is 0 Å². The number of hydrogen-bond acceptors (Lipinski definition) is 3. The van der Waals surface area contributed by atoms with Gasteiger partial charge in [0.15, 0.2) is 4.47 Å². The molecule has 0 N–H and O–H groups in total. The van der Waals surface area contributed by atoms with Gasteiger partial charge in [0, 0.05) is 11.1 Å². The Kier molecular flexibility index (Phi) is 2.16. The zero-order chi connectivity index (χ0) is 5.98. The van der Waals surface area contributed by atoms with Gasteiger partial charge in [0.05, 0.1) is 5.69 Å². The number of nitrogens with zero attached hydrogens (tertiary/aromatic N) is 1. The normalized spacial score (nSPS) is 9.75. The molecule has 0 aliphatic carbocycles. The van der Waals surface area contributed by atoms with E-state index in [0.29, 0.717) is 10.2 Å². The lowest BCUT2D eigenvalue weighted by Gasteiger charge is -1.78. The number of thiazole rings is 1. The second-order valence-corrected chi connectivity index (χ2v) is 3.01. The highest BCUT2D eigenvalue weighted by atomic mass is 35.5. The summed E-state index contributed by atoms with van der Waals surface area (Å²) in [6, 6.07) is 0. The van der Waals surface area contributed by atoms with E-state index in [1.165, 1.54) is 11.3 Å². The third kappa shape index (κ3) is 1.37. The van der Waals surface area contributed by atoms with Crippen molar-refractivity contribution < 1.29 is 0 Å². The monoisotopic (exact) mass is 165 g/mol. The number of thiol groups is 1. The molecule has 0 aliphatic rings. The summed E-state index contributed by atoms with van der Waals surface area (Å²) in [5.41, 5.74) is 0.948. The van der Waals surface area contributed by atoms with Gasteiger partial charge in [-0.25, -0.2) is 4.98 Å². The summed E-state index contributed by atoms with van der Waals surface area (Å²) in [7, 11) is 0. The molecule has 1 aromatic rings. The molecule has 0 aliphatic heterocycles. The minimum absolute atomic E-state index is 0.592. The molecule has 0 spiro atoms. The molecular weight excluding hydrogens is 162 g/mol. The Bertz CT molecular complexity index is 174. The van der Waals surface area contributed by atoms with Crippen molar-refractivity contribution in [2.24, 2.45) is 0 Å². The fraction of sp³-hybridized carbons (Fsp3) is 0.250. The minimum atomic E-state index is 0.592. The Morgan fingerprint density at radius 3 is 2.88 bits per heavy atom. The van der Waals surface area contributed by atoms with Gasteiger partial charge in [-0.15, -0.1) is 11.3 Å². The lowest BCUT2D eigenvalue weighted by molar-refractivity contribution is 1.24. The van der Waals surface area contributed by atoms with Crippen LogP contribution < -0.4 is 0 Å². The molecule has 0 atom stereocenters. The molecule has 1 nitrogen and oxygen atoms in total. The van der Waals surface area contributed by atoms with Crippen molar-refractivity contribution >= 4 is 35.6 Å². The average Bonchev–Trinajstić information content (AvgIpc) is 2.14. The van der Waals surface area contributed by atoms with Gasteiger partial charge in [0.2, 0.25) is 0 Å². The predicted molar refractivity (Wildman–Crippen MR) is 39.8 cm³/mol. The van der Waals surface area contributed by atoms with Crippen molar-refractivity contribution in [1.29, 1.82) is 0 Å². The number of rotatable bonds is 1. The summed E-state index contributed by atoms with van der Waals surface area (Å²) in [5.74, 6) is 0.670. The van der Waals surface area contributed by atoms with E-state index in [-0.39, 0.29) is 0 Å². The zero-order valence-electron chi connectivity index (χ0n) is 3.97. The molecule has 4 heteroatoms. The number of aromatic nitrogens is 1. The first-order chi connectivity index (χ1) is 3.83. The van der Waals surface area contributed by atoms with E-state index in [4.69, 9.17) is 11.6 Å². The van der Waals surface area contributed by atoms with Crippen molar-refractivity contribution in [3.8, 4) is 0 Å². The van der Waals surface area contributed by atoms with Crippen LogP contribution in [0, 0.1) is 0 Å². The highest BCUT2D eigenvalue weighted by Crippen LogP contribution is 2.15. The molecule has 0 saturated heterocycles. The maximum absolute atomic E-state index is 5.51. The van der Waals surface area contributed by atoms with Crippen LogP contribution in [0.15, 0.2) is 5.38 Å². The predicted octanol–water partition coefficient (Wildman–Crippen LogP) is 2.23.